The number of allylic oxidation sites excluding steroid dienone is 2. The lowest BCUT2D eigenvalue weighted by Gasteiger charge is -2.16. The number of para-hydroxylation sites is 1. The summed E-state index contributed by atoms with van der Waals surface area (Å²) in [7, 11) is 0. The van der Waals surface area contributed by atoms with E-state index in [-0.39, 0.29) is 0 Å². The van der Waals surface area contributed by atoms with E-state index in [1.165, 1.54) is 63.9 Å². The van der Waals surface area contributed by atoms with Gasteiger partial charge in [-0.15, -0.1) is 22.7 Å². The number of hydrogen-bond donors (Lipinski definition) is 0. The number of nitrogens with zero attached hydrogens (tertiary/aromatic N) is 3. The van der Waals surface area contributed by atoms with E-state index in [1.807, 2.05) is 23.5 Å². The molecule has 0 bridgehead atoms. The Kier molecular flexibility index (Phi) is 6.72. The normalized spacial score (nSPS) is 12.3. The molecule has 11 rings (SSSR count). The van der Waals surface area contributed by atoms with Crippen molar-refractivity contribution in [1.82, 2.24) is 14.5 Å². The van der Waals surface area contributed by atoms with E-state index in [4.69, 9.17) is 21.6 Å². The van der Waals surface area contributed by atoms with Crippen LogP contribution in [0.3, 0.4) is 0 Å². The number of hydrogen-bond acceptors (Lipinski definition) is 4. The van der Waals surface area contributed by atoms with Crippen molar-refractivity contribution in [2.75, 3.05) is 0 Å². The van der Waals surface area contributed by atoms with Gasteiger partial charge in [0, 0.05) is 47.3 Å². The van der Waals surface area contributed by atoms with E-state index in [2.05, 4.69) is 145 Å². The van der Waals surface area contributed by atoms with Gasteiger partial charge in [-0.1, -0.05) is 127 Å². The van der Waals surface area contributed by atoms with E-state index in [0.717, 1.165) is 42.5 Å². The van der Waals surface area contributed by atoms with Crippen molar-refractivity contribution in [3.05, 3.63) is 156 Å². The van der Waals surface area contributed by atoms with Gasteiger partial charge in [-0.2, -0.15) is 0 Å². The zero-order valence-electron chi connectivity index (χ0n) is 28.5. The minimum absolute atomic E-state index is 0.412. The molecule has 0 spiro atoms. The summed E-state index contributed by atoms with van der Waals surface area (Å²) in [5, 5.41) is 11.4. The zero-order valence-corrected chi connectivity index (χ0v) is 30.9. The first-order chi connectivity index (χ1) is 26.1. The Labute approximate surface area is 317 Å². The monoisotopic (exact) mass is 733 g/mol. The number of benzene rings is 7. The summed E-state index contributed by atoms with van der Waals surface area (Å²) in [4.78, 5) is 10.9. The Morgan fingerprint density at radius 1 is 0.642 bits per heavy atom. The standard InChI is InChI=1S/C47H28ClN3S2/c1-3-4-13-27-22-25-38-39(26(27)2)41-31-17-8-7-16-30(31)40-33-18-9-11-20-35(33)51(44(40)45(41)52-38)36-24-23-32(28-14-5-6-15-29(28)36)42-46(48)50-47-43(49-42)34-19-10-12-21-37(34)53-47/h3-25H,1H2,2H3/b13-4-. The minimum Gasteiger partial charge on any atom is -0.307 e. The third-order valence-electron chi connectivity index (χ3n) is 10.7. The molecule has 0 aliphatic carbocycles. The van der Waals surface area contributed by atoms with Gasteiger partial charge in [0.15, 0.2) is 5.15 Å². The maximum atomic E-state index is 6.99. The largest absolute Gasteiger partial charge is 0.307 e. The number of halogens is 1. The van der Waals surface area contributed by atoms with Crippen molar-refractivity contribution in [3.8, 4) is 16.9 Å². The molecule has 3 nitrogen and oxygen atoms in total. The third-order valence-corrected chi connectivity index (χ3v) is 13.2. The molecule has 4 aromatic heterocycles. The van der Waals surface area contributed by atoms with E-state index < -0.39 is 0 Å². The lowest BCUT2D eigenvalue weighted by molar-refractivity contribution is 1.21. The SMILES string of the molecule is C=C/C=C\c1ccc2sc3c(c4ccccc4c4c5ccccc5n(-c5ccc(-c6nc7c(nc6Cl)sc6ccccc67)c6ccccc56)c34)c2c1C. The molecule has 0 unspecified atom stereocenters. The first-order valence-electron chi connectivity index (χ1n) is 17.6. The quantitative estimate of drug-likeness (QED) is 0.169. The molecule has 53 heavy (non-hydrogen) atoms. The Bertz CT molecular complexity index is 3400. The summed E-state index contributed by atoms with van der Waals surface area (Å²) in [6, 6.07) is 43.7. The average Bonchev–Trinajstić information content (AvgIpc) is 3.87. The first-order valence-corrected chi connectivity index (χ1v) is 19.6. The van der Waals surface area contributed by atoms with Gasteiger partial charge in [0.25, 0.3) is 0 Å². The molecule has 0 aliphatic heterocycles. The summed E-state index contributed by atoms with van der Waals surface area (Å²) in [5.74, 6) is 0. The topological polar surface area (TPSA) is 30.7 Å². The highest BCUT2D eigenvalue weighted by molar-refractivity contribution is 7.27. The second-order valence-electron chi connectivity index (χ2n) is 13.5. The summed E-state index contributed by atoms with van der Waals surface area (Å²) in [5.41, 5.74) is 8.55. The maximum Gasteiger partial charge on any atom is 0.157 e. The number of rotatable bonds is 4. The highest BCUT2D eigenvalue weighted by atomic mass is 35.5. The molecule has 0 N–H and O–H groups in total. The van der Waals surface area contributed by atoms with E-state index >= 15 is 0 Å². The van der Waals surface area contributed by atoms with Gasteiger partial charge >= 0.3 is 0 Å². The van der Waals surface area contributed by atoms with Crippen LogP contribution in [0.1, 0.15) is 11.1 Å². The number of thiophene rings is 2. The Morgan fingerprint density at radius 2 is 1.34 bits per heavy atom. The summed E-state index contributed by atoms with van der Waals surface area (Å²) < 4.78 is 6.22. The van der Waals surface area contributed by atoms with Crippen LogP contribution >= 0.6 is 34.3 Å². The van der Waals surface area contributed by atoms with Crippen LogP contribution in [-0.2, 0) is 0 Å². The van der Waals surface area contributed by atoms with Crippen LogP contribution in [0, 0.1) is 6.92 Å². The number of fused-ring (bicyclic) bond motifs is 14. The van der Waals surface area contributed by atoms with E-state index in [9.17, 15) is 0 Å². The third kappa shape index (κ3) is 4.33. The first kappa shape index (κ1) is 30.7. The minimum atomic E-state index is 0.412. The fraction of sp³-hybridized carbons (Fsp3) is 0.0213. The predicted molar refractivity (Wildman–Crippen MR) is 232 cm³/mol. The fourth-order valence-corrected chi connectivity index (χ4v) is 11.0. The van der Waals surface area contributed by atoms with Crippen molar-refractivity contribution in [1.29, 1.82) is 0 Å². The lowest BCUT2D eigenvalue weighted by Crippen LogP contribution is -1.98. The van der Waals surface area contributed by atoms with Crippen molar-refractivity contribution < 1.29 is 0 Å². The van der Waals surface area contributed by atoms with E-state index in [0.29, 0.717) is 10.8 Å². The molecular formula is C47H28ClN3S2. The van der Waals surface area contributed by atoms with Crippen LogP contribution in [0.2, 0.25) is 5.15 Å². The van der Waals surface area contributed by atoms with Gasteiger partial charge in [0.2, 0.25) is 0 Å². The maximum absolute atomic E-state index is 6.99. The van der Waals surface area contributed by atoms with Crippen molar-refractivity contribution >= 4 is 124 Å². The molecular weight excluding hydrogens is 706 g/mol. The van der Waals surface area contributed by atoms with Crippen molar-refractivity contribution in [2.24, 2.45) is 0 Å². The Hall–Kier alpha value is -5.85. The Balaban J connectivity index is 1.27. The van der Waals surface area contributed by atoms with Crippen LogP contribution < -0.4 is 0 Å². The van der Waals surface area contributed by atoms with Gasteiger partial charge in [-0.3, -0.25) is 0 Å². The number of aryl methyl sites for hydroxylation is 1. The van der Waals surface area contributed by atoms with Gasteiger partial charge in [0.1, 0.15) is 16.0 Å². The molecule has 4 heterocycles. The molecule has 7 aromatic carbocycles. The second-order valence-corrected chi connectivity index (χ2v) is 15.9. The van der Waals surface area contributed by atoms with Gasteiger partial charge in [-0.05, 0) is 64.5 Å². The summed E-state index contributed by atoms with van der Waals surface area (Å²) in [6.07, 6.45) is 6.02. The molecule has 0 saturated heterocycles. The molecule has 0 aliphatic rings. The molecule has 0 saturated carbocycles. The van der Waals surface area contributed by atoms with Crippen molar-refractivity contribution in [2.45, 2.75) is 6.92 Å². The molecule has 11 aromatic rings. The average molecular weight is 734 g/mol. The fourth-order valence-electron chi connectivity index (χ4n) is 8.40. The molecule has 0 amide bonds. The van der Waals surface area contributed by atoms with Crippen LogP contribution in [0.4, 0.5) is 0 Å². The van der Waals surface area contributed by atoms with Gasteiger partial charge < -0.3 is 4.57 Å². The molecule has 0 fully saturated rings. The van der Waals surface area contributed by atoms with E-state index in [1.54, 1.807) is 11.3 Å². The van der Waals surface area contributed by atoms with Crippen LogP contribution in [0.5, 0.6) is 0 Å². The second kappa shape index (κ2) is 11.6. The zero-order chi connectivity index (χ0) is 35.4. The molecule has 6 heteroatoms. The van der Waals surface area contributed by atoms with Gasteiger partial charge in [-0.25, -0.2) is 9.97 Å². The van der Waals surface area contributed by atoms with Crippen LogP contribution in [0.15, 0.2) is 140 Å². The predicted octanol–water partition coefficient (Wildman–Crippen LogP) is 14.4. The number of aromatic nitrogens is 3. The van der Waals surface area contributed by atoms with Crippen LogP contribution in [-0.4, -0.2) is 14.5 Å². The molecule has 250 valence electrons. The smallest absolute Gasteiger partial charge is 0.157 e. The highest BCUT2D eigenvalue weighted by Gasteiger charge is 2.24. The summed E-state index contributed by atoms with van der Waals surface area (Å²) in [6.45, 7) is 6.16. The Morgan fingerprint density at radius 3 is 2.15 bits per heavy atom. The van der Waals surface area contributed by atoms with Crippen molar-refractivity contribution in [3.63, 3.8) is 0 Å². The lowest BCUT2D eigenvalue weighted by atomic mass is 9.95. The summed E-state index contributed by atoms with van der Waals surface area (Å²) >= 11 is 10.5. The molecule has 0 radical (unpaired) electrons. The van der Waals surface area contributed by atoms with Gasteiger partial charge in [0.05, 0.1) is 21.4 Å². The highest BCUT2D eigenvalue weighted by Crippen LogP contribution is 2.50. The van der Waals surface area contributed by atoms with Crippen LogP contribution in [0.25, 0.3) is 107 Å². The molecule has 0 atom stereocenters.